The van der Waals surface area contributed by atoms with E-state index in [9.17, 15) is 9.59 Å². The first-order valence-electron chi connectivity index (χ1n) is 7.49. The van der Waals surface area contributed by atoms with E-state index in [2.05, 4.69) is 12.2 Å². The summed E-state index contributed by atoms with van der Waals surface area (Å²) in [5.74, 6) is -0.0241. The maximum Gasteiger partial charge on any atom is 0.220 e. The summed E-state index contributed by atoms with van der Waals surface area (Å²) < 4.78 is 0. The summed E-state index contributed by atoms with van der Waals surface area (Å²) >= 11 is 0. The number of unbranched alkanes of at least 4 members (excludes halogenated alkanes) is 1. The van der Waals surface area contributed by atoms with Gasteiger partial charge in [0.1, 0.15) is 0 Å². The van der Waals surface area contributed by atoms with E-state index in [1.807, 2.05) is 42.5 Å². The van der Waals surface area contributed by atoms with Gasteiger partial charge in [-0.15, -0.1) is 0 Å². The lowest BCUT2D eigenvalue weighted by Crippen LogP contribution is -2.24. The molecule has 2 aromatic rings. The molecule has 0 fully saturated rings. The Balaban J connectivity index is 1.91. The molecule has 0 saturated carbocycles. The first-order chi connectivity index (χ1) is 10.2. The number of hydrogen-bond donors (Lipinski definition) is 1. The van der Waals surface area contributed by atoms with Crippen molar-refractivity contribution < 1.29 is 9.59 Å². The first kappa shape index (κ1) is 15.2. The minimum absolute atomic E-state index is 0.0198. The summed E-state index contributed by atoms with van der Waals surface area (Å²) in [6.45, 7) is 2.77. The molecule has 2 rings (SSSR count). The van der Waals surface area contributed by atoms with Crippen LogP contribution in [-0.4, -0.2) is 18.2 Å². The van der Waals surface area contributed by atoms with E-state index in [1.54, 1.807) is 0 Å². The summed E-state index contributed by atoms with van der Waals surface area (Å²) in [5, 5.41) is 5.00. The quantitative estimate of drug-likeness (QED) is 0.622. The number of rotatable bonds is 7. The third kappa shape index (κ3) is 4.42. The normalized spacial score (nSPS) is 10.5. The summed E-state index contributed by atoms with van der Waals surface area (Å²) in [7, 11) is 0. The zero-order valence-corrected chi connectivity index (χ0v) is 12.4. The molecule has 0 aliphatic rings. The second-order valence-electron chi connectivity index (χ2n) is 5.19. The zero-order valence-electron chi connectivity index (χ0n) is 12.4. The molecule has 0 aliphatic heterocycles. The fraction of sp³-hybridized carbons (Fsp3) is 0.333. The number of carbonyl (C=O) groups is 2. The minimum Gasteiger partial charge on any atom is -0.356 e. The van der Waals surface area contributed by atoms with E-state index >= 15 is 0 Å². The van der Waals surface area contributed by atoms with Crippen molar-refractivity contribution in [1.82, 2.24) is 5.32 Å². The Hall–Kier alpha value is -2.16. The number of Topliss-reactive ketones (excluding diaryl/α,β-unsaturated/α-hetero) is 1. The third-order valence-electron chi connectivity index (χ3n) is 3.50. The van der Waals surface area contributed by atoms with Crippen LogP contribution in [-0.2, 0) is 4.79 Å². The Morgan fingerprint density at radius 2 is 1.76 bits per heavy atom. The number of nitrogens with one attached hydrogen (secondary N) is 1. The van der Waals surface area contributed by atoms with Crippen molar-refractivity contribution in [2.45, 2.75) is 32.6 Å². The number of carbonyl (C=O) groups excluding carboxylic acids is 2. The van der Waals surface area contributed by atoms with Gasteiger partial charge in [0.25, 0.3) is 0 Å². The number of amides is 1. The van der Waals surface area contributed by atoms with Crippen LogP contribution < -0.4 is 5.32 Å². The van der Waals surface area contributed by atoms with Crippen molar-refractivity contribution >= 4 is 22.5 Å². The Bertz CT molecular complexity index is 634. The predicted octanol–water partition coefficient (Wildman–Crippen LogP) is 3.72. The van der Waals surface area contributed by atoms with Gasteiger partial charge in [0.05, 0.1) is 0 Å². The van der Waals surface area contributed by atoms with E-state index in [1.165, 1.54) is 0 Å². The molecule has 110 valence electrons. The molecule has 21 heavy (non-hydrogen) atoms. The Morgan fingerprint density at radius 3 is 2.52 bits per heavy atom. The second kappa shape index (κ2) is 7.58. The molecule has 0 heterocycles. The maximum absolute atomic E-state index is 12.1. The van der Waals surface area contributed by atoms with Crippen LogP contribution in [0.1, 0.15) is 43.0 Å². The molecule has 0 radical (unpaired) electrons. The monoisotopic (exact) mass is 283 g/mol. The number of ketones is 1. The van der Waals surface area contributed by atoms with Gasteiger partial charge in [0.15, 0.2) is 5.78 Å². The highest BCUT2D eigenvalue weighted by atomic mass is 16.2. The molecule has 0 bridgehead atoms. The highest BCUT2D eigenvalue weighted by molar-refractivity contribution is 6.01. The lowest BCUT2D eigenvalue weighted by Gasteiger charge is -2.05. The van der Waals surface area contributed by atoms with Crippen LogP contribution in [0.25, 0.3) is 10.8 Å². The molecule has 0 unspecified atom stereocenters. The van der Waals surface area contributed by atoms with Crippen LogP contribution in [0.5, 0.6) is 0 Å². The van der Waals surface area contributed by atoms with Crippen LogP contribution in [0, 0.1) is 0 Å². The van der Waals surface area contributed by atoms with E-state index in [-0.39, 0.29) is 24.5 Å². The fourth-order valence-electron chi connectivity index (χ4n) is 2.23. The number of benzene rings is 2. The molecule has 3 nitrogen and oxygen atoms in total. The van der Waals surface area contributed by atoms with Gasteiger partial charge in [-0.2, -0.15) is 0 Å². The van der Waals surface area contributed by atoms with E-state index in [0.29, 0.717) is 12.1 Å². The van der Waals surface area contributed by atoms with Crippen LogP contribution in [0.2, 0.25) is 0 Å². The van der Waals surface area contributed by atoms with Crippen molar-refractivity contribution in [3.63, 3.8) is 0 Å². The van der Waals surface area contributed by atoms with Crippen LogP contribution in [0.4, 0.5) is 0 Å². The summed E-state index contributed by atoms with van der Waals surface area (Å²) in [5.41, 5.74) is 0.676. The van der Waals surface area contributed by atoms with Crippen molar-refractivity contribution in [1.29, 1.82) is 0 Å². The minimum atomic E-state index is -0.0439. The van der Waals surface area contributed by atoms with E-state index < -0.39 is 0 Å². The number of hydrogen-bond acceptors (Lipinski definition) is 2. The van der Waals surface area contributed by atoms with Gasteiger partial charge in [0, 0.05) is 24.9 Å². The van der Waals surface area contributed by atoms with E-state index in [0.717, 1.165) is 23.6 Å². The van der Waals surface area contributed by atoms with Crippen molar-refractivity contribution in [3.8, 4) is 0 Å². The van der Waals surface area contributed by atoms with Gasteiger partial charge >= 0.3 is 0 Å². The van der Waals surface area contributed by atoms with Gasteiger partial charge in [-0.3, -0.25) is 9.59 Å². The third-order valence-corrected chi connectivity index (χ3v) is 3.50. The second-order valence-corrected chi connectivity index (χ2v) is 5.19. The molecule has 0 spiro atoms. The molecule has 0 aromatic heterocycles. The lowest BCUT2D eigenvalue weighted by molar-refractivity contribution is -0.121. The van der Waals surface area contributed by atoms with Gasteiger partial charge in [0.2, 0.25) is 5.91 Å². The average Bonchev–Trinajstić information content (AvgIpc) is 2.52. The molecular formula is C18H21NO2. The standard InChI is InChI=1S/C18H21NO2/c1-2-3-12-19-18(21)11-10-17(20)16-9-8-14-6-4-5-7-15(14)13-16/h4-9,13H,2-3,10-12H2,1H3,(H,19,21). The van der Waals surface area contributed by atoms with Gasteiger partial charge in [-0.1, -0.05) is 49.7 Å². The fourth-order valence-corrected chi connectivity index (χ4v) is 2.23. The van der Waals surface area contributed by atoms with Crippen LogP contribution in [0.15, 0.2) is 42.5 Å². The SMILES string of the molecule is CCCCNC(=O)CCC(=O)c1ccc2ccccc2c1. The maximum atomic E-state index is 12.1. The highest BCUT2D eigenvalue weighted by Crippen LogP contribution is 2.17. The van der Waals surface area contributed by atoms with E-state index in [4.69, 9.17) is 0 Å². The van der Waals surface area contributed by atoms with Gasteiger partial charge in [-0.05, 0) is 23.3 Å². The molecule has 1 amide bonds. The first-order valence-corrected chi connectivity index (χ1v) is 7.49. The largest absolute Gasteiger partial charge is 0.356 e. The molecular weight excluding hydrogens is 262 g/mol. The average molecular weight is 283 g/mol. The summed E-state index contributed by atoms with van der Waals surface area (Å²) in [6.07, 6.45) is 2.55. The Kier molecular flexibility index (Phi) is 5.50. The van der Waals surface area contributed by atoms with Crippen molar-refractivity contribution in [2.24, 2.45) is 0 Å². The van der Waals surface area contributed by atoms with Crippen molar-refractivity contribution in [3.05, 3.63) is 48.0 Å². The molecule has 0 atom stereocenters. The molecule has 1 N–H and O–H groups in total. The predicted molar refractivity (Wildman–Crippen MR) is 85.4 cm³/mol. The summed E-state index contributed by atoms with van der Waals surface area (Å²) in [4.78, 5) is 23.7. The molecule has 0 aliphatic carbocycles. The molecule has 0 saturated heterocycles. The topological polar surface area (TPSA) is 46.2 Å². The number of fused-ring (bicyclic) bond motifs is 1. The smallest absolute Gasteiger partial charge is 0.220 e. The van der Waals surface area contributed by atoms with Gasteiger partial charge in [-0.25, -0.2) is 0 Å². The Labute approximate surface area is 125 Å². The molecule has 3 heteroatoms. The summed E-state index contributed by atoms with van der Waals surface area (Å²) in [6, 6.07) is 13.6. The van der Waals surface area contributed by atoms with Crippen LogP contribution in [0.3, 0.4) is 0 Å². The molecule has 2 aromatic carbocycles. The Morgan fingerprint density at radius 1 is 1.00 bits per heavy atom. The van der Waals surface area contributed by atoms with Gasteiger partial charge < -0.3 is 5.32 Å². The highest BCUT2D eigenvalue weighted by Gasteiger charge is 2.09. The lowest BCUT2D eigenvalue weighted by atomic mass is 10.0. The van der Waals surface area contributed by atoms with Crippen LogP contribution >= 0.6 is 0 Å². The van der Waals surface area contributed by atoms with Crippen molar-refractivity contribution in [2.75, 3.05) is 6.54 Å². The zero-order chi connectivity index (χ0) is 15.1.